The molecular weight excluding hydrogens is 295 g/mol. The highest BCUT2D eigenvalue weighted by atomic mass is 16.7. The first kappa shape index (κ1) is 16.4. The lowest BCUT2D eigenvalue weighted by Gasteiger charge is -2.32. The SMILES string of the molecule is CC(=O)OCC1(c2ncc(B3OC(C)(C)C(C)(C)O3)cn2)CC1. The Labute approximate surface area is 137 Å². The fourth-order valence-electron chi connectivity index (χ4n) is 2.54. The van der Waals surface area contributed by atoms with Crippen LogP contribution in [0.3, 0.4) is 0 Å². The van der Waals surface area contributed by atoms with E-state index in [0.29, 0.717) is 6.61 Å². The molecule has 1 aromatic heterocycles. The molecule has 1 saturated heterocycles. The lowest BCUT2D eigenvalue weighted by Crippen LogP contribution is -2.41. The minimum absolute atomic E-state index is 0.208. The number of ether oxygens (including phenoxy) is 1. The van der Waals surface area contributed by atoms with E-state index in [1.54, 1.807) is 12.4 Å². The fraction of sp³-hybridized carbons (Fsp3) is 0.688. The number of aromatic nitrogens is 2. The smallest absolute Gasteiger partial charge is 0.465 e. The molecule has 2 heterocycles. The van der Waals surface area contributed by atoms with E-state index in [1.165, 1.54) is 6.92 Å². The second-order valence-corrected chi connectivity index (χ2v) is 7.49. The third-order valence-electron chi connectivity index (χ3n) is 5.08. The molecule has 0 radical (unpaired) electrons. The summed E-state index contributed by atoms with van der Waals surface area (Å²) < 4.78 is 17.1. The second-order valence-electron chi connectivity index (χ2n) is 7.49. The molecule has 1 saturated carbocycles. The van der Waals surface area contributed by atoms with E-state index in [0.717, 1.165) is 24.1 Å². The summed E-state index contributed by atoms with van der Waals surface area (Å²) in [7, 11) is -0.460. The lowest BCUT2D eigenvalue weighted by atomic mass is 9.81. The summed E-state index contributed by atoms with van der Waals surface area (Å²) in [6.07, 6.45) is 5.38. The molecule has 6 nitrogen and oxygen atoms in total. The molecule has 1 aromatic rings. The summed E-state index contributed by atoms with van der Waals surface area (Å²) >= 11 is 0. The molecule has 1 aliphatic carbocycles. The van der Waals surface area contributed by atoms with Crippen LogP contribution in [0.4, 0.5) is 0 Å². The first-order chi connectivity index (χ1) is 10.7. The molecule has 7 heteroatoms. The molecule has 124 valence electrons. The molecule has 0 bridgehead atoms. The Morgan fingerprint density at radius 2 is 1.70 bits per heavy atom. The topological polar surface area (TPSA) is 70.5 Å². The molecule has 23 heavy (non-hydrogen) atoms. The standard InChI is InChI=1S/C16H23BN2O4/c1-11(20)21-10-16(6-7-16)13-18-8-12(9-19-13)17-22-14(2,3)15(4,5)23-17/h8-9H,6-7,10H2,1-5H3. The van der Waals surface area contributed by atoms with Gasteiger partial charge >= 0.3 is 13.1 Å². The van der Waals surface area contributed by atoms with Crippen molar-refractivity contribution in [3.8, 4) is 0 Å². The Morgan fingerprint density at radius 3 is 2.13 bits per heavy atom. The van der Waals surface area contributed by atoms with Crippen LogP contribution in [0.25, 0.3) is 0 Å². The van der Waals surface area contributed by atoms with Crippen LogP contribution in [0.1, 0.15) is 53.3 Å². The van der Waals surface area contributed by atoms with Gasteiger partial charge in [-0.05, 0) is 40.5 Å². The van der Waals surface area contributed by atoms with Gasteiger partial charge in [0.15, 0.2) is 0 Å². The van der Waals surface area contributed by atoms with Crippen molar-refractivity contribution < 1.29 is 18.8 Å². The Balaban J connectivity index is 1.73. The van der Waals surface area contributed by atoms with Crippen molar-refractivity contribution >= 4 is 18.6 Å². The highest BCUT2D eigenvalue weighted by molar-refractivity contribution is 6.61. The average Bonchev–Trinajstić information content (AvgIpc) is 3.21. The lowest BCUT2D eigenvalue weighted by molar-refractivity contribution is -0.141. The van der Waals surface area contributed by atoms with Gasteiger partial charge in [-0.15, -0.1) is 0 Å². The quantitative estimate of drug-likeness (QED) is 0.617. The van der Waals surface area contributed by atoms with Gasteiger partial charge in [-0.3, -0.25) is 4.79 Å². The largest absolute Gasteiger partial charge is 0.498 e. The van der Waals surface area contributed by atoms with Crippen LogP contribution < -0.4 is 5.46 Å². The molecule has 0 spiro atoms. The first-order valence-corrected chi connectivity index (χ1v) is 7.97. The van der Waals surface area contributed by atoms with Crippen molar-refractivity contribution in [2.75, 3.05) is 6.61 Å². The minimum Gasteiger partial charge on any atom is -0.465 e. The van der Waals surface area contributed by atoms with E-state index < -0.39 is 7.12 Å². The van der Waals surface area contributed by atoms with Gasteiger partial charge in [0.05, 0.1) is 16.6 Å². The third-order valence-corrected chi connectivity index (χ3v) is 5.08. The molecule has 0 aromatic carbocycles. The fourth-order valence-corrected chi connectivity index (χ4v) is 2.54. The predicted octanol–water partition coefficient (Wildman–Crippen LogP) is 1.37. The molecule has 0 amide bonds. The summed E-state index contributed by atoms with van der Waals surface area (Å²) in [5, 5.41) is 0. The van der Waals surface area contributed by atoms with Crippen LogP contribution in [0.2, 0.25) is 0 Å². The molecule has 3 rings (SSSR count). The molecule has 2 aliphatic rings. The summed E-state index contributed by atoms with van der Waals surface area (Å²) in [6.45, 7) is 9.82. The maximum absolute atomic E-state index is 11.0. The summed E-state index contributed by atoms with van der Waals surface area (Å²) in [4.78, 5) is 19.9. The third kappa shape index (κ3) is 2.99. The Kier molecular flexibility index (Phi) is 3.76. The molecule has 0 N–H and O–H groups in total. The number of nitrogens with zero attached hydrogens (tertiary/aromatic N) is 2. The maximum atomic E-state index is 11.0. The Morgan fingerprint density at radius 1 is 1.17 bits per heavy atom. The van der Waals surface area contributed by atoms with Crippen LogP contribution in [0, 0.1) is 0 Å². The molecule has 2 fully saturated rings. The number of rotatable bonds is 4. The number of esters is 1. The number of hydrogen-bond acceptors (Lipinski definition) is 6. The van der Waals surface area contributed by atoms with Gasteiger partial charge in [-0.25, -0.2) is 9.97 Å². The van der Waals surface area contributed by atoms with Gasteiger partial charge in [0.25, 0.3) is 0 Å². The monoisotopic (exact) mass is 318 g/mol. The maximum Gasteiger partial charge on any atom is 0.498 e. The molecule has 0 unspecified atom stereocenters. The highest BCUT2D eigenvalue weighted by Gasteiger charge is 2.52. The predicted molar refractivity (Wildman–Crippen MR) is 85.3 cm³/mol. The van der Waals surface area contributed by atoms with Crippen LogP contribution in [0.15, 0.2) is 12.4 Å². The zero-order valence-electron chi connectivity index (χ0n) is 14.4. The van der Waals surface area contributed by atoms with Crippen LogP contribution in [-0.4, -0.2) is 40.9 Å². The van der Waals surface area contributed by atoms with Crippen molar-refractivity contribution in [3.63, 3.8) is 0 Å². The van der Waals surface area contributed by atoms with Gasteiger partial charge in [0, 0.05) is 24.8 Å². The van der Waals surface area contributed by atoms with E-state index in [4.69, 9.17) is 14.0 Å². The first-order valence-electron chi connectivity index (χ1n) is 7.97. The molecular formula is C16H23BN2O4. The minimum atomic E-state index is -0.460. The van der Waals surface area contributed by atoms with E-state index >= 15 is 0 Å². The molecule has 0 atom stereocenters. The number of carbonyl (C=O) groups is 1. The van der Waals surface area contributed by atoms with Crippen molar-refractivity contribution in [1.82, 2.24) is 9.97 Å². The normalized spacial score (nSPS) is 23.6. The van der Waals surface area contributed by atoms with Gasteiger partial charge < -0.3 is 14.0 Å². The zero-order valence-corrected chi connectivity index (χ0v) is 14.4. The number of carbonyl (C=O) groups excluding carboxylic acids is 1. The number of hydrogen-bond donors (Lipinski definition) is 0. The summed E-state index contributed by atoms with van der Waals surface area (Å²) in [6, 6.07) is 0. The van der Waals surface area contributed by atoms with Crippen molar-refractivity contribution in [2.24, 2.45) is 0 Å². The zero-order chi connectivity index (χ0) is 16.9. The second kappa shape index (κ2) is 5.28. The van der Waals surface area contributed by atoms with E-state index in [-0.39, 0.29) is 22.6 Å². The van der Waals surface area contributed by atoms with Crippen molar-refractivity contribution in [2.45, 2.75) is 64.1 Å². The summed E-state index contributed by atoms with van der Waals surface area (Å²) in [5.41, 5.74) is -0.178. The van der Waals surface area contributed by atoms with Crippen LogP contribution in [-0.2, 0) is 24.3 Å². The van der Waals surface area contributed by atoms with Gasteiger partial charge in [0.1, 0.15) is 12.4 Å². The van der Waals surface area contributed by atoms with E-state index in [9.17, 15) is 4.79 Å². The van der Waals surface area contributed by atoms with Crippen LogP contribution in [0.5, 0.6) is 0 Å². The van der Waals surface area contributed by atoms with Gasteiger partial charge in [-0.2, -0.15) is 0 Å². The highest BCUT2D eigenvalue weighted by Crippen LogP contribution is 2.46. The summed E-state index contributed by atoms with van der Waals surface area (Å²) in [5.74, 6) is 0.448. The average molecular weight is 318 g/mol. The van der Waals surface area contributed by atoms with Gasteiger partial charge in [-0.1, -0.05) is 0 Å². The van der Waals surface area contributed by atoms with Crippen LogP contribution >= 0.6 is 0 Å². The van der Waals surface area contributed by atoms with Crippen molar-refractivity contribution in [3.05, 3.63) is 18.2 Å². The molecule has 1 aliphatic heterocycles. The van der Waals surface area contributed by atoms with Gasteiger partial charge in [0.2, 0.25) is 0 Å². The van der Waals surface area contributed by atoms with E-state index in [2.05, 4.69) is 9.97 Å². The van der Waals surface area contributed by atoms with Crippen molar-refractivity contribution in [1.29, 1.82) is 0 Å². The van der Waals surface area contributed by atoms with E-state index in [1.807, 2.05) is 27.7 Å². The Hall–Kier alpha value is -1.47. The Bertz CT molecular complexity index is 595.